The monoisotopic (exact) mass is 871 g/mol. The first-order chi connectivity index (χ1) is 28.8. The number of halogens is 1. The van der Waals surface area contributed by atoms with Crippen LogP contribution < -0.4 is 42.8 Å². The lowest BCUT2D eigenvalue weighted by atomic mass is 9.89. The molecule has 0 bridgehead atoms. The molecule has 9 unspecified atom stereocenters. The molecule has 330 valence electrons. The second-order valence-corrected chi connectivity index (χ2v) is 14.4. The van der Waals surface area contributed by atoms with Crippen molar-refractivity contribution < 1.29 is 63.1 Å². The zero-order valence-corrected chi connectivity index (χ0v) is 34.4. The van der Waals surface area contributed by atoms with E-state index in [9.17, 15) is 53.7 Å². The minimum atomic E-state index is -2.28. The van der Waals surface area contributed by atoms with E-state index in [0.717, 1.165) is 13.0 Å². The second kappa shape index (κ2) is 22.9. The Labute approximate surface area is 355 Å². The van der Waals surface area contributed by atoms with E-state index in [-0.39, 0.29) is 35.0 Å². The van der Waals surface area contributed by atoms with Crippen LogP contribution in [0, 0.1) is 11.8 Å². The van der Waals surface area contributed by atoms with E-state index in [1.54, 1.807) is 30.3 Å². The number of carbonyl (C=O) groups excluding carboxylic acids is 7. The second-order valence-electron chi connectivity index (χ2n) is 14.0. The number of aliphatic hydroxyl groups is 2. The van der Waals surface area contributed by atoms with E-state index in [0.29, 0.717) is 5.56 Å². The Kier molecular flexibility index (Phi) is 18.4. The molecule has 0 aromatic heterocycles. The SMILES string of the molecule is CC=C(NC(=O)C=Cc1ccccc1)C(=O)NC1C(c2ccc(OC)c(Cl)c2)OC(=O)C(CC(=O)O)NC(=O)C(N)C(C)CCNC(=O)C(C(O)C(N)=O)NC(=O)C(C)C1O. The Morgan fingerprint density at radius 1 is 1.03 bits per heavy atom. The molecule has 1 fully saturated rings. The number of primary amides is 1. The van der Waals surface area contributed by atoms with Gasteiger partial charge in [0.15, 0.2) is 6.10 Å². The van der Waals surface area contributed by atoms with Gasteiger partial charge in [0, 0.05) is 12.6 Å². The molecule has 1 heterocycles. The molecule has 61 heavy (non-hydrogen) atoms. The van der Waals surface area contributed by atoms with Gasteiger partial charge in [-0.1, -0.05) is 67.9 Å². The summed E-state index contributed by atoms with van der Waals surface area (Å²) in [5.74, 6) is -11.8. The standard InChI is InChI=1S/C40H50ClN7O13/c1-5-24(45-27(49)14-11-21-9-7-6-8-10-21)37(56)47-30-32(52)20(3)36(55)48-31(33(53)35(43)54)39(58)44-16-15-19(2)29(42)38(57)46-25(18-28(50)51)40(59)61-34(30)22-12-13-26(60-4)23(41)17-22/h5-14,17,19-20,25,29-34,52-53H,15-16,18,42H2,1-4H3,(H2,43,54)(H,44,58)(H,45,49)(H,46,57)(H,47,56)(H,48,55)(H,50,51). The fourth-order valence-electron chi connectivity index (χ4n) is 5.97. The molecule has 20 nitrogen and oxygen atoms in total. The minimum absolute atomic E-state index is 0.00351. The van der Waals surface area contributed by atoms with Crippen molar-refractivity contribution in [3.05, 3.63) is 82.5 Å². The summed E-state index contributed by atoms with van der Waals surface area (Å²) in [5, 5.41) is 44.0. The molecular formula is C40H50ClN7O13. The molecular weight excluding hydrogens is 822 g/mol. The smallest absolute Gasteiger partial charge is 0.329 e. The highest BCUT2D eigenvalue weighted by atomic mass is 35.5. The lowest BCUT2D eigenvalue weighted by Crippen LogP contribution is -2.60. The summed E-state index contributed by atoms with van der Waals surface area (Å²) in [6, 6.07) is 5.33. The number of rotatable bonds is 11. The topological polar surface area (TPSA) is 328 Å². The lowest BCUT2D eigenvalue weighted by molar-refractivity contribution is -0.161. The Morgan fingerprint density at radius 3 is 2.30 bits per heavy atom. The molecule has 1 saturated heterocycles. The van der Waals surface area contributed by atoms with E-state index in [2.05, 4.69) is 26.6 Å². The maximum absolute atomic E-state index is 14.0. The summed E-state index contributed by atoms with van der Waals surface area (Å²) in [6.07, 6.45) is -3.52. The molecule has 6 amide bonds. The first kappa shape index (κ1) is 49.0. The van der Waals surface area contributed by atoms with Crippen molar-refractivity contribution >= 4 is 65.1 Å². The summed E-state index contributed by atoms with van der Waals surface area (Å²) in [7, 11) is 1.31. The Balaban J connectivity index is 2.22. The highest BCUT2D eigenvalue weighted by molar-refractivity contribution is 6.32. The summed E-state index contributed by atoms with van der Waals surface area (Å²) < 4.78 is 11.1. The largest absolute Gasteiger partial charge is 0.495 e. The molecule has 1 aliphatic heterocycles. The first-order valence-electron chi connectivity index (χ1n) is 18.9. The van der Waals surface area contributed by atoms with Crippen molar-refractivity contribution in [2.75, 3.05) is 13.7 Å². The third kappa shape index (κ3) is 13.9. The fourth-order valence-corrected chi connectivity index (χ4v) is 6.23. The Hall–Kier alpha value is -6.35. The average molecular weight is 872 g/mol. The number of carbonyl (C=O) groups is 8. The third-order valence-electron chi connectivity index (χ3n) is 9.67. The van der Waals surface area contributed by atoms with Crippen LogP contribution in [0.3, 0.4) is 0 Å². The number of carboxylic acid groups (broad SMARTS) is 1. The van der Waals surface area contributed by atoms with Crippen LogP contribution in [-0.2, 0) is 43.1 Å². The molecule has 2 aromatic carbocycles. The number of ether oxygens (including phenoxy) is 2. The van der Waals surface area contributed by atoms with Crippen LogP contribution in [0.4, 0.5) is 0 Å². The van der Waals surface area contributed by atoms with Crippen LogP contribution in [0.15, 0.2) is 66.4 Å². The Bertz CT molecular complexity index is 2010. The molecule has 0 spiro atoms. The van der Waals surface area contributed by atoms with Gasteiger partial charge in [-0.25, -0.2) is 4.79 Å². The van der Waals surface area contributed by atoms with Gasteiger partial charge in [-0.3, -0.25) is 33.6 Å². The number of methoxy groups -OCH3 is 1. The zero-order chi connectivity index (χ0) is 45.6. The highest BCUT2D eigenvalue weighted by Crippen LogP contribution is 2.33. The van der Waals surface area contributed by atoms with Gasteiger partial charge in [0.1, 0.15) is 29.6 Å². The number of cyclic esters (lactones) is 1. The van der Waals surface area contributed by atoms with Gasteiger partial charge in [0.2, 0.25) is 29.5 Å². The molecule has 1 aliphatic rings. The zero-order valence-electron chi connectivity index (χ0n) is 33.6. The van der Waals surface area contributed by atoms with Crippen molar-refractivity contribution in [2.24, 2.45) is 23.3 Å². The summed E-state index contributed by atoms with van der Waals surface area (Å²) in [5.41, 5.74) is 11.6. The Morgan fingerprint density at radius 2 is 1.70 bits per heavy atom. The van der Waals surface area contributed by atoms with Crippen LogP contribution in [-0.4, -0.2) is 113 Å². The number of amides is 6. The number of aliphatic carboxylic acids is 1. The van der Waals surface area contributed by atoms with E-state index >= 15 is 0 Å². The van der Waals surface area contributed by atoms with Crippen LogP contribution in [0.25, 0.3) is 6.08 Å². The van der Waals surface area contributed by atoms with Gasteiger partial charge in [-0.05, 0) is 48.6 Å². The molecule has 21 heteroatoms. The number of allylic oxidation sites excluding steroid dienone is 1. The van der Waals surface area contributed by atoms with E-state index in [1.165, 1.54) is 51.3 Å². The van der Waals surface area contributed by atoms with Crippen LogP contribution in [0.2, 0.25) is 5.02 Å². The van der Waals surface area contributed by atoms with Gasteiger partial charge < -0.3 is 62.8 Å². The van der Waals surface area contributed by atoms with Crippen molar-refractivity contribution in [1.82, 2.24) is 26.6 Å². The lowest BCUT2D eigenvalue weighted by Gasteiger charge is -2.35. The highest BCUT2D eigenvalue weighted by Gasteiger charge is 2.43. The predicted octanol–water partition coefficient (Wildman–Crippen LogP) is -1.08. The maximum atomic E-state index is 14.0. The van der Waals surface area contributed by atoms with Gasteiger partial charge in [0.25, 0.3) is 5.91 Å². The molecule has 0 saturated carbocycles. The van der Waals surface area contributed by atoms with Gasteiger partial charge in [-0.15, -0.1) is 0 Å². The number of esters is 1. The van der Waals surface area contributed by atoms with Crippen LogP contribution in [0.5, 0.6) is 5.75 Å². The van der Waals surface area contributed by atoms with Crippen LogP contribution >= 0.6 is 11.6 Å². The molecule has 0 aliphatic carbocycles. The number of nitrogens with one attached hydrogen (secondary N) is 5. The summed E-state index contributed by atoms with van der Waals surface area (Å²) in [4.78, 5) is 105. The van der Waals surface area contributed by atoms with E-state index < -0.39 is 108 Å². The number of carboxylic acids is 1. The summed E-state index contributed by atoms with van der Waals surface area (Å²) >= 11 is 6.45. The van der Waals surface area contributed by atoms with Crippen molar-refractivity contribution in [3.8, 4) is 5.75 Å². The third-order valence-corrected chi connectivity index (χ3v) is 9.96. The fraction of sp³-hybridized carbons (Fsp3) is 0.400. The van der Waals surface area contributed by atoms with Crippen molar-refractivity contribution in [1.29, 1.82) is 0 Å². The molecule has 12 N–H and O–H groups in total. The predicted molar refractivity (Wildman–Crippen MR) is 217 cm³/mol. The number of nitrogens with two attached hydrogens (primary N) is 2. The quantitative estimate of drug-likeness (QED) is 0.0950. The van der Waals surface area contributed by atoms with Crippen molar-refractivity contribution in [3.63, 3.8) is 0 Å². The van der Waals surface area contributed by atoms with Crippen LogP contribution in [0.1, 0.15) is 50.8 Å². The van der Waals surface area contributed by atoms with Gasteiger partial charge >= 0.3 is 11.9 Å². The molecule has 3 rings (SSSR count). The average Bonchev–Trinajstić information content (AvgIpc) is 3.23. The number of hydrogen-bond acceptors (Lipinski definition) is 13. The van der Waals surface area contributed by atoms with E-state index in [1.807, 2.05) is 0 Å². The van der Waals surface area contributed by atoms with Gasteiger partial charge in [-0.2, -0.15) is 0 Å². The summed E-state index contributed by atoms with van der Waals surface area (Å²) in [6.45, 7) is 3.82. The maximum Gasteiger partial charge on any atom is 0.329 e. The number of benzene rings is 2. The van der Waals surface area contributed by atoms with E-state index in [4.69, 9.17) is 32.5 Å². The first-order valence-corrected chi connectivity index (χ1v) is 19.2. The normalized spacial score (nSPS) is 25.3. The minimum Gasteiger partial charge on any atom is -0.495 e. The van der Waals surface area contributed by atoms with Crippen molar-refractivity contribution in [2.45, 2.75) is 76.1 Å². The molecule has 9 atom stereocenters. The molecule has 2 aromatic rings. The van der Waals surface area contributed by atoms with Gasteiger partial charge in [0.05, 0.1) is 42.7 Å². The number of hydrogen-bond donors (Lipinski definition) is 10. The number of aliphatic hydroxyl groups excluding tert-OH is 2. The molecule has 0 radical (unpaired) electrons.